The van der Waals surface area contributed by atoms with Crippen LogP contribution in [0.4, 0.5) is 5.69 Å². The molecule has 1 aliphatic carbocycles. The number of hydrogen-bond donors (Lipinski definition) is 2. The van der Waals surface area contributed by atoms with Gasteiger partial charge >= 0.3 is 0 Å². The van der Waals surface area contributed by atoms with E-state index in [1.807, 2.05) is 6.07 Å². The van der Waals surface area contributed by atoms with Crippen molar-refractivity contribution in [3.05, 3.63) is 29.3 Å². The number of benzene rings is 1. The van der Waals surface area contributed by atoms with Gasteiger partial charge in [0, 0.05) is 11.7 Å². The van der Waals surface area contributed by atoms with E-state index in [1.165, 1.54) is 12.8 Å². The van der Waals surface area contributed by atoms with Crippen molar-refractivity contribution in [2.75, 3.05) is 5.73 Å². The molecular formula is C11H13N3. The molecule has 72 valence electrons. The maximum Gasteiger partial charge on any atom is 0.0995 e. The van der Waals surface area contributed by atoms with Gasteiger partial charge in [-0.05, 0) is 42.5 Å². The quantitative estimate of drug-likeness (QED) is 0.690. The maximum atomic E-state index is 8.91. The highest BCUT2D eigenvalue weighted by atomic mass is 14.7. The van der Waals surface area contributed by atoms with Crippen LogP contribution in [0, 0.1) is 17.2 Å². The van der Waals surface area contributed by atoms with E-state index in [-0.39, 0.29) is 6.04 Å². The monoisotopic (exact) mass is 187 g/mol. The average Bonchev–Trinajstić information content (AvgIpc) is 3.00. The van der Waals surface area contributed by atoms with Crippen LogP contribution in [-0.2, 0) is 0 Å². The highest BCUT2D eigenvalue weighted by molar-refractivity contribution is 5.50. The second-order valence-corrected chi connectivity index (χ2v) is 3.82. The first-order valence-corrected chi connectivity index (χ1v) is 4.77. The molecule has 3 heteroatoms. The molecule has 4 N–H and O–H groups in total. The van der Waals surface area contributed by atoms with Crippen molar-refractivity contribution >= 4 is 5.69 Å². The Morgan fingerprint density at radius 1 is 1.43 bits per heavy atom. The summed E-state index contributed by atoms with van der Waals surface area (Å²) in [5.74, 6) is 0.545. The summed E-state index contributed by atoms with van der Waals surface area (Å²) in [6.07, 6.45) is 2.33. The fourth-order valence-electron chi connectivity index (χ4n) is 1.67. The number of nitrogen functional groups attached to an aromatic ring is 1. The molecule has 1 fully saturated rings. The van der Waals surface area contributed by atoms with E-state index < -0.39 is 0 Å². The van der Waals surface area contributed by atoms with E-state index in [0.717, 1.165) is 5.56 Å². The van der Waals surface area contributed by atoms with E-state index >= 15 is 0 Å². The zero-order valence-electron chi connectivity index (χ0n) is 7.90. The van der Waals surface area contributed by atoms with E-state index in [9.17, 15) is 0 Å². The van der Waals surface area contributed by atoms with Crippen molar-refractivity contribution in [1.82, 2.24) is 0 Å². The molecule has 0 spiro atoms. The first-order valence-electron chi connectivity index (χ1n) is 4.77. The van der Waals surface area contributed by atoms with Gasteiger partial charge in [-0.15, -0.1) is 0 Å². The molecule has 1 saturated carbocycles. The minimum atomic E-state index is -0.0202. The van der Waals surface area contributed by atoms with Crippen LogP contribution in [0.3, 0.4) is 0 Å². The minimum Gasteiger partial charge on any atom is -0.399 e. The smallest absolute Gasteiger partial charge is 0.0995 e. The van der Waals surface area contributed by atoms with Gasteiger partial charge in [-0.3, -0.25) is 0 Å². The fraction of sp³-hybridized carbons (Fsp3) is 0.364. The largest absolute Gasteiger partial charge is 0.399 e. The summed E-state index contributed by atoms with van der Waals surface area (Å²) < 4.78 is 0. The number of nitrogens with zero attached hydrogens (tertiary/aromatic N) is 1. The Hall–Kier alpha value is -1.53. The van der Waals surface area contributed by atoms with Crippen LogP contribution in [-0.4, -0.2) is 0 Å². The second-order valence-electron chi connectivity index (χ2n) is 3.82. The Morgan fingerprint density at radius 3 is 2.71 bits per heavy atom. The first kappa shape index (κ1) is 9.04. The molecule has 0 bridgehead atoms. The van der Waals surface area contributed by atoms with Crippen LogP contribution >= 0.6 is 0 Å². The summed E-state index contributed by atoms with van der Waals surface area (Å²) in [6.45, 7) is 0. The molecule has 0 aliphatic heterocycles. The van der Waals surface area contributed by atoms with E-state index in [2.05, 4.69) is 6.07 Å². The molecule has 0 amide bonds. The Bertz CT molecular complexity index is 388. The van der Waals surface area contributed by atoms with E-state index in [1.54, 1.807) is 12.1 Å². The first-order chi connectivity index (χ1) is 6.72. The molecule has 1 atom stereocenters. The van der Waals surface area contributed by atoms with Crippen LogP contribution in [0.15, 0.2) is 18.2 Å². The van der Waals surface area contributed by atoms with E-state index in [0.29, 0.717) is 17.2 Å². The molecule has 0 heterocycles. The SMILES string of the molecule is N#Cc1ccc(N)cc1C(N)C1CC1. The standard InChI is InChI=1S/C11H13N3/c12-6-8-3-4-9(13)5-10(8)11(14)7-1-2-7/h3-5,7,11H,1-2,13-14H2. The second kappa shape index (κ2) is 3.32. The molecule has 0 radical (unpaired) electrons. The fourth-order valence-corrected chi connectivity index (χ4v) is 1.67. The lowest BCUT2D eigenvalue weighted by Gasteiger charge is -2.12. The van der Waals surface area contributed by atoms with Gasteiger partial charge in [-0.1, -0.05) is 0 Å². The molecule has 0 saturated heterocycles. The summed E-state index contributed by atoms with van der Waals surface area (Å²) in [5.41, 5.74) is 13.9. The maximum absolute atomic E-state index is 8.91. The Kier molecular flexibility index (Phi) is 2.14. The zero-order valence-corrected chi connectivity index (χ0v) is 7.90. The number of hydrogen-bond acceptors (Lipinski definition) is 3. The van der Waals surface area contributed by atoms with Crippen molar-refractivity contribution in [2.24, 2.45) is 11.7 Å². The third-order valence-electron chi connectivity index (χ3n) is 2.69. The molecule has 1 aromatic carbocycles. The van der Waals surface area contributed by atoms with Gasteiger partial charge in [-0.25, -0.2) is 0 Å². The van der Waals surface area contributed by atoms with Crippen LogP contribution in [0.25, 0.3) is 0 Å². The molecule has 1 unspecified atom stereocenters. The third kappa shape index (κ3) is 1.57. The van der Waals surface area contributed by atoms with Crippen molar-refractivity contribution in [3.8, 4) is 6.07 Å². The molecule has 0 aromatic heterocycles. The van der Waals surface area contributed by atoms with Crippen LogP contribution in [0.5, 0.6) is 0 Å². The lowest BCUT2D eigenvalue weighted by Crippen LogP contribution is -2.14. The number of nitriles is 1. The minimum absolute atomic E-state index is 0.0202. The number of anilines is 1. The van der Waals surface area contributed by atoms with Crippen LogP contribution in [0.2, 0.25) is 0 Å². The lowest BCUT2D eigenvalue weighted by atomic mass is 9.97. The Labute approximate surface area is 83.3 Å². The topological polar surface area (TPSA) is 75.8 Å². The van der Waals surface area contributed by atoms with Gasteiger partial charge in [-0.2, -0.15) is 5.26 Å². The van der Waals surface area contributed by atoms with Gasteiger partial charge in [0.1, 0.15) is 0 Å². The Morgan fingerprint density at radius 2 is 2.14 bits per heavy atom. The zero-order chi connectivity index (χ0) is 10.1. The molecule has 1 aliphatic rings. The van der Waals surface area contributed by atoms with Gasteiger partial charge in [0.25, 0.3) is 0 Å². The molecule has 1 aromatic rings. The van der Waals surface area contributed by atoms with Crippen molar-refractivity contribution < 1.29 is 0 Å². The van der Waals surface area contributed by atoms with Gasteiger partial charge in [0.2, 0.25) is 0 Å². The van der Waals surface area contributed by atoms with E-state index in [4.69, 9.17) is 16.7 Å². The average molecular weight is 187 g/mol. The third-order valence-corrected chi connectivity index (χ3v) is 2.69. The van der Waals surface area contributed by atoms with Crippen LogP contribution < -0.4 is 11.5 Å². The summed E-state index contributed by atoms with van der Waals surface area (Å²) >= 11 is 0. The van der Waals surface area contributed by atoms with Crippen molar-refractivity contribution in [2.45, 2.75) is 18.9 Å². The predicted molar refractivity (Wildman–Crippen MR) is 55.2 cm³/mol. The molecule has 14 heavy (non-hydrogen) atoms. The normalized spacial score (nSPS) is 17.4. The number of nitrogens with two attached hydrogens (primary N) is 2. The predicted octanol–water partition coefficient (Wildman–Crippen LogP) is 1.55. The molecule has 2 rings (SSSR count). The van der Waals surface area contributed by atoms with Crippen LogP contribution in [0.1, 0.15) is 30.0 Å². The molecule has 3 nitrogen and oxygen atoms in total. The summed E-state index contributed by atoms with van der Waals surface area (Å²) in [5, 5.41) is 8.91. The summed E-state index contributed by atoms with van der Waals surface area (Å²) in [4.78, 5) is 0. The van der Waals surface area contributed by atoms with Gasteiger partial charge in [0.05, 0.1) is 11.6 Å². The summed E-state index contributed by atoms with van der Waals surface area (Å²) in [6, 6.07) is 7.43. The van der Waals surface area contributed by atoms with Crippen molar-refractivity contribution in [3.63, 3.8) is 0 Å². The molecular weight excluding hydrogens is 174 g/mol. The Balaban J connectivity index is 2.38. The highest BCUT2D eigenvalue weighted by Crippen LogP contribution is 2.40. The lowest BCUT2D eigenvalue weighted by molar-refractivity contribution is 0.632. The highest BCUT2D eigenvalue weighted by Gasteiger charge is 2.30. The summed E-state index contributed by atoms with van der Waals surface area (Å²) in [7, 11) is 0. The number of rotatable bonds is 2. The van der Waals surface area contributed by atoms with Gasteiger partial charge < -0.3 is 11.5 Å². The van der Waals surface area contributed by atoms with Crippen molar-refractivity contribution in [1.29, 1.82) is 5.26 Å². The van der Waals surface area contributed by atoms with Gasteiger partial charge in [0.15, 0.2) is 0 Å².